The van der Waals surface area contributed by atoms with Crippen molar-refractivity contribution in [1.82, 2.24) is 0 Å². The first-order chi connectivity index (χ1) is 5.27. The second-order valence-corrected chi connectivity index (χ2v) is 2.45. The summed E-state index contributed by atoms with van der Waals surface area (Å²) in [5.74, 6) is -0.366. The Labute approximate surface area is 65.4 Å². The summed E-state index contributed by atoms with van der Waals surface area (Å²) in [5.41, 5.74) is 0. The van der Waals surface area contributed by atoms with Crippen LogP contribution in [0.1, 0.15) is 6.42 Å². The molecule has 4 heteroatoms. The molecule has 1 rings (SSSR count). The lowest BCUT2D eigenvalue weighted by molar-refractivity contribution is -0.145. The Bertz CT molecular complexity index is 145. The van der Waals surface area contributed by atoms with Crippen molar-refractivity contribution in [3.05, 3.63) is 0 Å². The smallest absolute Gasteiger partial charge is 0.311 e. The maximum Gasteiger partial charge on any atom is 0.311 e. The topological polar surface area (TPSA) is 44.8 Å². The van der Waals surface area contributed by atoms with E-state index in [9.17, 15) is 4.79 Å². The lowest BCUT2D eigenvalue weighted by Crippen LogP contribution is -2.16. The van der Waals surface area contributed by atoms with Gasteiger partial charge in [-0.05, 0) is 0 Å². The van der Waals surface area contributed by atoms with Gasteiger partial charge in [0, 0.05) is 13.5 Å². The van der Waals surface area contributed by atoms with Gasteiger partial charge in [-0.25, -0.2) is 0 Å². The molecule has 2 atom stereocenters. The van der Waals surface area contributed by atoms with E-state index in [1.807, 2.05) is 0 Å². The molecule has 0 aliphatic carbocycles. The Morgan fingerprint density at radius 1 is 1.55 bits per heavy atom. The van der Waals surface area contributed by atoms with Crippen LogP contribution in [0.3, 0.4) is 0 Å². The third-order valence-electron chi connectivity index (χ3n) is 1.76. The minimum absolute atomic E-state index is 0.148. The normalized spacial score (nSPS) is 30.4. The van der Waals surface area contributed by atoms with Crippen LogP contribution in [0.2, 0.25) is 0 Å². The highest BCUT2D eigenvalue weighted by molar-refractivity contribution is 5.72. The molecule has 0 unspecified atom stereocenters. The summed E-state index contributed by atoms with van der Waals surface area (Å²) in [6.45, 7) is 0.408. The molecule has 0 bridgehead atoms. The van der Waals surface area contributed by atoms with E-state index in [1.165, 1.54) is 7.11 Å². The van der Waals surface area contributed by atoms with E-state index in [1.54, 1.807) is 7.11 Å². The van der Waals surface area contributed by atoms with Crippen molar-refractivity contribution >= 4 is 5.97 Å². The van der Waals surface area contributed by atoms with Gasteiger partial charge in [0.05, 0.1) is 19.6 Å². The third-order valence-corrected chi connectivity index (χ3v) is 1.76. The minimum atomic E-state index is -0.237. The first-order valence-electron chi connectivity index (χ1n) is 3.50. The largest absolute Gasteiger partial charge is 0.469 e. The number of hydrogen-bond donors (Lipinski definition) is 0. The van der Waals surface area contributed by atoms with Crippen LogP contribution in [0, 0.1) is 5.92 Å². The maximum absolute atomic E-state index is 10.9. The summed E-state index contributed by atoms with van der Waals surface area (Å²) >= 11 is 0. The van der Waals surface area contributed by atoms with E-state index in [4.69, 9.17) is 9.47 Å². The Morgan fingerprint density at radius 2 is 2.27 bits per heavy atom. The highest BCUT2D eigenvalue weighted by Gasteiger charge is 2.31. The van der Waals surface area contributed by atoms with Gasteiger partial charge in [-0.2, -0.15) is 0 Å². The first kappa shape index (κ1) is 8.49. The van der Waals surface area contributed by atoms with Crippen LogP contribution < -0.4 is 0 Å². The fourth-order valence-corrected chi connectivity index (χ4v) is 1.09. The quantitative estimate of drug-likeness (QED) is 0.540. The van der Waals surface area contributed by atoms with Gasteiger partial charge in [-0.3, -0.25) is 4.79 Å². The van der Waals surface area contributed by atoms with Crippen LogP contribution >= 0.6 is 0 Å². The molecular weight excluding hydrogens is 148 g/mol. The zero-order valence-electron chi connectivity index (χ0n) is 6.70. The molecule has 4 nitrogen and oxygen atoms in total. The zero-order valence-corrected chi connectivity index (χ0v) is 6.70. The average Bonchev–Trinajstić information content (AvgIpc) is 2.50. The molecule has 0 radical (unpaired) electrons. The van der Waals surface area contributed by atoms with Crippen LogP contribution in [0.5, 0.6) is 0 Å². The Kier molecular flexibility index (Phi) is 2.84. The van der Waals surface area contributed by atoms with Crippen molar-refractivity contribution in [2.24, 2.45) is 5.92 Å². The van der Waals surface area contributed by atoms with Gasteiger partial charge in [0.25, 0.3) is 0 Å². The average molecular weight is 160 g/mol. The number of rotatable bonds is 2. The van der Waals surface area contributed by atoms with Gasteiger partial charge in [-0.15, -0.1) is 0 Å². The van der Waals surface area contributed by atoms with Gasteiger partial charge in [-0.1, -0.05) is 0 Å². The second-order valence-electron chi connectivity index (χ2n) is 2.45. The molecule has 1 aliphatic heterocycles. The fourth-order valence-electron chi connectivity index (χ4n) is 1.09. The van der Waals surface area contributed by atoms with E-state index < -0.39 is 0 Å². The number of esters is 1. The molecule has 1 heterocycles. The number of carbonyl (C=O) groups excluding carboxylic acids is 1. The lowest BCUT2D eigenvalue weighted by Gasteiger charge is -2.04. The fraction of sp³-hybridized carbons (Fsp3) is 0.857. The van der Waals surface area contributed by atoms with Gasteiger partial charge in [0.1, 0.15) is 0 Å². The summed E-state index contributed by atoms with van der Waals surface area (Å²) in [4.78, 5) is 10.9. The molecule has 1 saturated heterocycles. The molecule has 64 valence electrons. The van der Waals surface area contributed by atoms with Crippen LogP contribution in [0.4, 0.5) is 0 Å². The lowest BCUT2D eigenvalue weighted by atomic mass is 10.1. The molecule has 0 aromatic rings. The molecule has 0 aromatic heterocycles. The number of ether oxygens (including phenoxy) is 3. The first-order valence-corrected chi connectivity index (χ1v) is 3.50. The summed E-state index contributed by atoms with van der Waals surface area (Å²) < 4.78 is 14.6. The molecule has 0 amide bonds. The van der Waals surface area contributed by atoms with Crippen molar-refractivity contribution < 1.29 is 19.0 Å². The third kappa shape index (κ3) is 1.91. The summed E-state index contributed by atoms with van der Waals surface area (Å²) in [5, 5.41) is 0. The van der Waals surface area contributed by atoms with Crippen molar-refractivity contribution in [3.8, 4) is 0 Å². The van der Waals surface area contributed by atoms with Crippen LogP contribution in [0.25, 0.3) is 0 Å². The number of hydrogen-bond acceptors (Lipinski definition) is 4. The predicted molar refractivity (Wildman–Crippen MR) is 36.9 cm³/mol. The standard InChI is InChI=1S/C7H12O4/c1-9-6-3-5(4-11-6)7(8)10-2/h5-6H,3-4H2,1-2H3/t5-,6+/m1/s1. The van der Waals surface area contributed by atoms with Gasteiger partial charge >= 0.3 is 5.97 Å². The van der Waals surface area contributed by atoms with Gasteiger partial charge in [0.2, 0.25) is 0 Å². The SMILES string of the molecule is COC(=O)[C@H]1CO[C@H](OC)C1. The number of carbonyl (C=O) groups is 1. The van der Waals surface area contributed by atoms with E-state index in [2.05, 4.69) is 4.74 Å². The van der Waals surface area contributed by atoms with E-state index in [0.717, 1.165) is 0 Å². The van der Waals surface area contributed by atoms with Crippen LogP contribution in [0.15, 0.2) is 0 Å². The summed E-state index contributed by atoms with van der Waals surface area (Å²) in [6, 6.07) is 0. The molecule has 0 aromatic carbocycles. The van der Waals surface area contributed by atoms with Crippen LogP contribution in [-0.2, 0) is 19.0 Å². The molecule has 0 N–H and O–H groups in total. The monoisotopic (exact) mass is 160 g/mol. The van der Waals surface area contributed by atoms with E-state index in [0.29, 0.717) is 13.0 Å². The summed E-state index contributed by atoms with van der Waals surface area (Å²) in [6.07, 6.45) is 0.363. The molecule has 1 fully saturated rings. The van der Waals surface area contributed by atoms with Gasteiger partial charge in [0.15, 0.2) is 6.29 Å². The zero-order chi connectivity index (χ0) is 8.27. The summed E-state index contributed by atoms with van der Waals surface area (Å²) in [7, 11) is 2.94. The molecular formula is C7H12O4. The Balaban J connectivity index is 2.35. The highest BCUT2D eigenvalue weighted by atomic mass is 16.7. The molecule has 0 saturated carbocycles. The van der Waals surface area contributed by atoms with Crippen molar-refractivity contribution in [2.75, 3.05) is 20.8 Å². The van der Waals surface area contributed by atoms with Crippen molar-refractivity contribution in [2.45, 2.75) is 12.7 Å². The van der Waals surface area contributed by atoms with Gasteiger partial charge < -0.3 is 14.2 Å². The molecule has 11 heavy (non-hydrogen) atoms. The Hall–Kier alpha value is -0.610. The highest BCUT2D eigenvalue weighted by Crippen LogP contribution is 2.20. The van der Waals surface area contributed by atoms with Crippen LogP contribution in [-0.4, -0.2) is 33.1 Å². The number of methoxy groups -OCH3 is 2. The van der Waals surface area contributed by atoms with Crippen molar-refractivity contribution in [1.29, 1.82) is 0 Å². The van der Waals surface area contributed by atoms with E-state index >= 15 is 0 Å². The molecule has 0 spiro atoms. The maximum atomic E-state index is 10.9. The molecule has 1 aliphatic rings. The predicted octanol–water partition coefficient (Wildman–Crippen LogP) is 0.168. The van der Waals surface area contributed by atoms with E-state index in [-0.39, 0.29) is 18.2 Å². The van der Waals surface area contributed by atoms with Crippen molar-refractivity contribution in [3.63, 3.8) is 0 Å². The minimum Gasteiger partial charge on any atom is -0.469 e. The Morgan fingerprint density at radius 3 is 2.73 bits per heavy atom. The second kappa shape index (κ2) is 3.69.